The molecule has 7 rings (SSSR count). The molecule has 2 aromatic carbocycles. The Hall–Kier alpha value is -5.23. The maximum atomic E-state index is 13.3. The Morgan fingerprint density at radius 1 is 1.06 bits per heavy atom. The summed E-state index contributed by atoms with van der Waals surface area (Å²) in [6.45, 7) is 3.71. The summed E-state index contributed by atoms with van der Waals surface area (Å²) in [6.07, 6.45) is 5.83. The molecule has 2 N–H and O–H groups in total. The van der Waals surface area contributed by atoms with Crippen LogP contribution in [0.3, 0.4) is 0 Å². The van der Waals surface area contributed by atoms with Gasteiger partial charge in [-0.25, -0.2) is 4.98 Å². The number of pyridine rings is 1. The Bertz CT molecular complexity index is 2040. The highest BCUT2D eigenvalue weighted by Crippen LogP contribution is 2.37. The number of rotatable bonds is 9. The quantitative estimate of drug-likeness (QED) is 0.249. The van der Waals surface area contributed by atoms with Crippen molar-refractivity contribution in [2.45, 2.75) is 51.6 Å². The van der Waals surface area contributed by atoms with E-state index in [1.54, 1.807) is 22.1 Å². The summed E-state index contributed by atoms with van der Waals surface area (Å²) >= 11 is 6.87. The molecule has 50 heavy (non-hydrogen) atoms. The van der Waals surface area contributed by atoms with Crippen molar-refractivity contribution < 1.29 is 24.0 Å². The van der Waals surface area contributed by atoms with Crippen LogP contribution in [0.5, 0.6) is 0 Å². The van der Waals surface area contributed by atoms with E-state index >= 15 is 0 Å². The van der Waals surface area contributed by atoms with Gasteiger partial charge in [0.2, 0.25) is 23.6 Å². The van der Waals surface area contributed by atoms with Gasteiger partial charge in [0, 0.05) is 91.9 Å². The summed E-state index contributed by atoms with van der Waals surface area (Å²) in [5.41, 5.74) is 6.47. The fourth-order valence-corrected chi connectivity index (χ4v) is 7.64. The molecule has 2 aromatic heterocycles. The lowest BCUT2D eigenvalue weighted by Gasteiger charge is -2.34. The van der Waals surface area contributed by atoms with Crippen LogP contribution in [0.2, 0.25) is 5.02 Å². The average Bonchev–Trinajstić information content (AvgIpc) is 3.69. The molecule has 0 spiro atoms. The number of halogens is 1. The first-order chi connectivity index (χ1) is 24.1. The van der Waals surface area contributed by atoms with E-state index in [0.717, 1.165) is 51.1 Å². The maximum Gasteiger partial charge on any atom is 0.255 e. The molecule has 0 aliphatic carbocycles. The van der Waals surface area contributed by atoms with E-state index in [0.29, 0.717) is 43.1 Å². The number of piperidine rings is 1. The summed E-state index contributed by atoms with van der Waals surface area (Å²) in [7, 11) is 1.91. The maximum absolute atomic E-state index is 13.3. The number of hydrogen-bond acceptors (Lipinski definition) is 7. The third kappa shape index (κ3) is 6.08. The van der Waals surface area contributed by atoms with E-state index in [-0.39, 0.29) is 49.6 Å². The Labute approximate surface area is 294 Å². The molecule has 0 radical (unpaired) electrons. The number of H-pyrrole nitrogens is 1. The highest BCUT2D eigenvalue weighted by Gasteiger charge is 2.40. The van der Waals surface area contributed by atoms with Gasteiger partial charge in [0.05, 0.1) is 5.02 Å². The highest BCUT2D eigenvalue weighted by molar-refractivity contribution is 6.38. The zero-order valence-electron chi connectivity index (χ0n) is 28.0. The number of aromatic amines is 1. The Morgan fingerprint density at radius 2 is 1.88 bits per heavy atom. The normalized spacial score (nSPS) is 17.8. The lowest BCUT2D eigenvalue weighted by atomic mass is 10.0. The number of piperazine rings is 1. The minimum absolute atomic E-state index is 0.000855. The summed E-state index contributed by atoms with van der Waals surface area (Å²) in [6, 6.07) is 12.5. The molecule has 0 bridgehead atoms. The zero-order chi connectivity index (χ0) is 35.1. The van der Waals surface area contributed by atoms with Crippen molar-refractivity contribution in [2.24, 2.45) is 0 Å². The van der Waals surface area contributed by atoms with Gasteiger partial charge in [0.25, 0.3) is 5.91 Å². The Morgan fingerprint density at radius 3 is 2.66 bits per heavy atom. The second kappa shape index (κ2) is 13.6. The number of aryl methyl sites for hydroxylation is 1. The van der Waals surface area contributed by atoms with E-state index in [1.165, 1.54) is 4.90 Å². The van der Waals surface area contributed by atoms with E-state index < -0.39 is 11.9 Å². The van der Waals surface area contributed by atoms with E-state index in [4.69, 9.17) is 11.6 Å². The number of benzene rings is 2. The molecule has 3 aliphatic rings. The van der Waals surface area contributed by atoms with Crippen molar-refractivity contribution in [3.05, 3.63) is 76.6 Å². The van der Waals surface area contributed by atoms with E-state index in [2.05, 4.69) is 22.2 Å². The first kappa shape index (κ1) is 33.3. The molecule has 2 fully saturated rings. The molecule has 5 heterocycles. The molecule has 2 saturated heterocycles. The fraction of sp³-hybridized carbons (Fsp3) is 0.351. The Balaban J connectivity index is 0.948. The van der Waals surface area contributed by atoms with Gasteiger partial charge in [0.15, 0.2) is 0 Å². The zero-order valence-corrected chi connectivity index (χ0v) is 28.8. The number of amides is 5. The highest BCUT2D eigenvalue weighted by atomic mass is 35.5. The summed E-state index contributed by atoms with van der Waals surface area (Å²) < 4.78 is 0. The van der Waals surface area contributed by atoms with Gasteiger partial charge in [-0.15, -0.1) is 0 Å². The number of carbonyl (C=O) groups is 5. The van der Waals surface area contributed by atoms with Crippen LogP contribution in [0.4, 0.5) is 11.4 Å². The lowest BCUT2D eigenvalue weighted by Crippen LogP contribution is -2.52. The fourth-order valence-electron chi connectivity index (χ4n) is 7.27. The van der Waals surface area contributed by atoms with Crippen LogP contribution in [0.1, 0.15) is 54.1 Å². The monoisotopic (exact) mass is 695 g/mol. The van der Waals surface area contributed by atoms with Gasteiger partial charge >= 0.3 is 0 Å². The molecule has 4 aromatic rings. The minimum Gasteiger partial charge on any atom is -0.374 e. The number of fused-ring (bicyclic) bond motifs is 2. The van der Waals surface area contributed by atoms with Crippen LogP contribution in [-0.2, 0) is 32.1 Å². The molecule has 258 valence electrons. The molecule has 1 unspecified atom stereocenters. The minimum atomic E-state index is -0.680. The van der Waals surface area contributed by atoms with Crippen molar-refractivity contribution in [3.8, 4) is 11.1 Å². The summed E-state index contributed by atoms with van der Waals surface area (Å²) in [5.74, 6) is -1.22. The van der Waals surface area contributed by atoms with Crippen LogP contribution in [-0.4, -0.2) is 88.6 Å². The number of anilines is 2. The van der Waals surface area contributed by atoms with Gasteiger partial charge in [0.1, 0.15) is 18.2 Å². The molecule has 3 aliphatic heterocycles. The summed E-state index contributed by atoms with van der Waals surface area (Å²) in [5, 5.41) is 3.87. The summed E-state index contributed by atoms with van der Waals surface area (Å²) in [4.78, 5) is 78.5. The van der Waals surface area contributed by atoms with Gasteiger partial charge in [-0.1, -0.05) is 36.7 Å². The van der Waals surface area contributed by atoms with Gasteiger partial charge < -0.3 is 24.6 Å². The first-order valence-corrected chi connectivity index (χ1v) is 17.3. The molecule has 12 nitrogen and oxygen atoms in total. The Kier molecular flexibility index (Phi) is 9.04. The van der Waals surface area contributed by atoms with E-state index in [9.17, 15) is 24.0 Å². The molecule has 13 heteroatoms. The van der Waals surface area contributed by atoms with Crippen molar-refractivity contribution in [3.63, 3.8) is 0 Å². The predicted molar refractivity (Wildman–Crippen MR) is 190 cm³/mol. The van der Waals surface area contributed by atoms with E-state index in [1.807, 2.05) is 54.5 Å². The van der Waals surface area contributed by atoms with Crippen molar-refractivity contribution in [1.82, 2.24) is 25.1 Å². The number of imide groups is 1. The van der Waals surface area contributed by atoms with Gasteiger partial charge in [-0.2, -0.15) is 0 Å². The third-order valence-electron chi connectivity index (χ3n) is 10.00. The molecule has 5 amide bonds. The van der Waals surface area contributed by atoms with Crippen molar-refractivity contribution >= 4 is 63.5 Å². The topological polar surface area (TPSA) is 139 Å². The van der Waals surface area contributed by atoms with Crippen LogP contribution in [0.15, 0.2) is 54.9 Å². The molecule has 1 atom stereocenters. The van der Waals surface area contributed by atoms with Crippen LogP contribution < -0.4 is 15.1 Å². The van der Waals surface area contributed by atoms with Crippen molar-refractivity contribution in [1.29, 1.82) is 0 Å². The van der Waals surface area contributed by atoms with Crippen LogP contribution in [0, 0.1) is 0 Å². The SMILES string of the molecule is CCc1c[nH]c2ncc(-c3cccc(N4CCN(C(=O)CCCN(C)c5cccc6c5CN(C5CCC(=O)NC5=O)C6=O)CC4=O)c3)c(Cl)c12. The van der Waals surface area contributed by atoms with Gasteiger partial charge in [-0.3, -0.25) is 29.3 Å². The standard InChI is InChI=1S/C37H38ClN7O5/c1-3-22-18-39-35-33(22)34(38)26(19-40-35)23-7-4-8-24(17-23)44-16-15-43(21-32(44)48)31(47)11-6-14-42(2)28-10-5-9-25-27(28)20-45(37(25)50)29-12-13-30(46)41-36(29)49/h4-5,7-10,17-19,29H,3,6,11-16,20-21H2,1-2H3,(H,39,40)(H,41,46,49). The van der Waals surface area contributed by atoms with Crippen molar-refractivity contribution in [2.75, 3.05) is 43.0 Å². The predicted octanol–water partition coefficient (Wildman–Crippen LogP) is 4.30. The number of hydrogen-bond donors (Lipinski definition) is 2. The second-order valence-electron chi connectivity index (χ2n) is 13.0. The molecular formula is C37H38ClN7O5. The third-order valence-corrected chi connectivity index (χ3v) is 10.4. The number of nitrogens with one attached hydrogen (secondary N) is 2. The number of carbonyl (C=O) groups excluding carboxylic acids is 5. The van der Waals surface area contributed by atoms with Crippen LogP contribution in [0.25, 0.3) is 22.2 Å². The van der Waals surface area contributed by atoms with Gasteiger partial charge in [-0.05, 0) is 54.7 Å². The number of aromatic nitrogens is 2. The van der Waals surface area contributed by atoms with Crippen LogP contribution >= 0.6 is 11.6 Å². The lowest BCUT2D eigenvalue weighted by molar-refractivity contribution is -0.137. The largest absolute Gasteiger partial charge is 0.374 e. The molecular weight excluding hydrogens is 658 g/mol. The molecule has 0 saturated carbocycles. The second-order valence-corrected chi connectivity index (χ2v) is 13.4. The smallest absolute Gasteiger partial charge is 0.255 e. The number of nitrogens with zero attached hydrogens (tertiary/aromatic N) is 5. The first-order valence-electron chi connectivity index (χ1n) is 16.9. The average molecular weight is 696 g/mol.